The summed E-state index contributed by atoms with van der Waals surface area (Å²) in [7, 11) is 0. The van der Waals surface area contributed by atoms with Gasteiger partial charge in [-0.05, 0) is 24.1 Å². The third-order valence-corrected chi connectivity index (χ3v) is 1.73. The Labute approximate surface area is 70.4 Å². The summed E-state index contributed by atoms with van der Waals surface area (Å²) in [5.74, 6) is 0. The van der Waals surface area contributed by atoms with Crippen molar-refractivity contribution in [1.82, 2.24) is 0 Å². The quantitative estimate of drug-likeness (QED) is 0.632. The largest absolute Gasteiger partial charge is 0.286 e. The number of hydrogen-bond donors (Lipinski definition) is 0. The molecule has 0 saturated heterocycles. The number of benzene rings is 1. The Morgan fingerprint density at radius 2 is 2.08 bits per heavy atom. The smallest absolute Gasteiger partial charge is 0.226 e. The minimum absolute atomic E-state index is 0.823. The van der Waals surface area contributed by atoms with Gasteiger partial charge in [0.1, 0.15) is 0 Å². The normalized spacial score (nSPS) is 11.8. The zero-order chi connectivity index (χ0) is 8.39. The summed E-state index contributed by atoms with van der Waals surface area (Å²) in [6.45, 7) is 2.11. The van der Waals surface area contributed by atoms with Crippen molar-refractivity contribution in [2.75, 3.05) is 0 Å². The van der Waals surface area contributed by atoms with Crippen LogP contribution in [0, 0.1) is 0 Å². The van der Waals surface area contributed by atoms with Crippen molar-refractivity contribution in [3.05, 3.63) is 29.8 Å². The van der Waals surface area contributed by atoms with E-state index < -0.39 is 0 Å². The predicted octanol–water partition coefficient (Wildman–Crippen LogP) is 3.45. The van der Waals surface area contributed by atoms with Crippen LogP contribution in [0.25, 0.3) is 17.2 Å². The lowest BCUT2D eigenvalue weighted by atomic mass is 10.2. The third kappa shape index (κ3) is 1.16. The minimum Gasteiger partial charge on any atom is -0.286 e. The SMILES string of the molecule is CC/C=C\c1ccc2ooc2c1. The van der Waals surface area contributed by atoms with Gasteiger partial charge in [-0.1, -0.05) is 25.1 Å². The van der Waals surface area contributed by atoms with E-state index in [1.54, 1.807) is 0 Å². The van der Waals surface area contributed by atoms with E-state index in [0.717, 1.165) is 23.2 Å². The summed E-state index contributed by atoms with van der Waals surface area (Å²) in [5.41, 5.74) is 2.80. The Bertz CT molecular complexity index is 393. The Balaban J connectivity index is 2.33. The molecular weight excluding hydrogens is 152 g/mol. The molecule has 0 aliphatic heterocycles. The maximum Gasteiger partial charge on any atom is 0.226 e. The molecule has 0 bridgehead atoms. The van der Waals surface area contributed by atoms with E-state index in [1.165, 1.54) is 0 Å². The highest BCUT2D eigenvalue weighted by Crippen LogP contribution is 2.20. The molecule has 12 heavy (non-hydrogen) atoms. The fraction of sp³-hybridized carbons (Fsp3) is 0.200. The van der Waals surface area contributed by atoms with Crippen molar-refractivity contribution in [3.63, 3.8) is 0 Å². The number of rotatable bonds is 2. The van der Waals surface area contributed by atoms with Crippen LogP contribution in [0.15, 0.2) is 33.4 Å². The van der Waals surface area contributed by atoms with E-state index in [-0.39, 0.29) is 0 Å². The first-order valence-corrected chi connectivity index (χ1v) is 4.05. The van der Waals surface area contributed by atoms with Crippen LogP contribution in [0.1, 0.15) is 18.9 Å². The highest BCUT2D eigenvalue weighted by Gasteiger charge is 2.02. The molecule has 0 atom stereocenters. The van der Waals surface area contributed by atoms with Crippen molar-refractivity contribution in [2.45, 2.75) is 13.3 Å². The molecule has 0 unspecified atom stereocenters. The van der Waals surface area contributed by atoms with Crippen LogP contribution >= 0.6 is 0 Å². The van der Waals surface area contributed by atoms with Crippen molar-refractivity contribution < 1.29 is 9.15 Å². The molecule has 2 nitrogen and oxygen atoms in total. The fourth-order valence-corrected chi connectivity index (χ4v) is 1.07. The van der Waals surface area contributed by atoms with Crippen LogP contribution in [-0.2, 0) is 0 Å². The minimum atomic E-state index is 0.823. The molecule has 0 aliphatic carbocycles. The summed E-state index contributed by atoms with van der Waals surface area (Å²) in [6.07, 6.45) is 5.23. The molecule has 0 fully saturated rings. The summed E-state index contributed by atoms with van der Waals surface area (Å²) in [6, 6.07) is 5.88. The summed E-state index contributed by atoms with van der Waals surface area (Å²) >= 11 is 0. The maximum atomic E-state index is 4.76. The van der Waals surface area contributed by atoms with Gasteiger partial charge in [-0.25, -0.2) is 0 Å². The molecule has 2 heteroatoms. The van der Waals surface area contributed by atoms with Gasteiger partial charge in [-0.2, -0.15) is 0 Å². The first-order chi connectivity index (χ1) is 5.90. The molecule has 0 radical (unpaired) electrons. The topological polar surface area (TPSA) is 26.3 Å². The van der Waals surface area contributed by atoms with Crippen molar-refractivity contribution in [1.29, 1.82) is 0 Å². The van der Waals surface area contributed by atoms with E-state index in [4.69, 9.17) is 9.15 Å². The second-order valence-electron chi connectivity index (χ2n) is 2.68. The molecule has 1 heterocycles. The van der Waals surface area contributed by atoms with Gasteiger partial charge < -0.3 is 0 Å². The third-order valence-electron chi connectivity index (χ3n) is 1.73. The van der Waals surface area contributed by atoms with Crippen LogP contribution in [0.5, 0.6) is 0 Å². The lowest BCUT2D eigenvalue weighted by molar-refractivity contribution is 0.0589. The standard InChI is InChI=1S/C10H10O2/c1-2-3-4-8-5-6-9-10(7-8)12-11-9/h3-7H,2H2,1H3/b4-3-. The highest BCUT2D eigenvalue weighted by molar-refractivity contribution is 5.74. The first kappa shape index (κ1) is 7.22. The lowest BCUT2D eigenvalue weighted by Crippen LogP contribution is -1.77. The Kier molecular flexibility index (Phi) is 1.74. The maximum absolute atomic E-state index is 4.76. The van der Waals surface area contributed by atoms with Crippen molar-refractivity contribution in [3.8, 4) is 0 Å². The molecule has 2 rings (SSSR count). The van der Waals surface area contributed by atoms with E-state index in [0.29, 0.717) is 0 Å². The molecule has 2 aromatic rings. The van der Waals surface area contributed by atoms with Crippen LogP contribution in [0.2, 0.25) is 0 Å². The zero-order valence-electron chi connectivity index (χ0n) is 6.91. The average Bonchev–Trinajstić information content (AvgIpc) is 2.05. The Morgan fingerprint density at radius 3 is 2.67 bits per heavy atom. The Morgan fingerprint density at radius 1 is 1.25 bits per heavy atom. The molecule has 0 spiro atoms. The van der Waals surface area contributed by atoms with Gasteiger partial charge in [-0.3, -0.25) is 9.15 Å². The van der Waals surface area contributed by atoms with Gasteiger partial charge in [0.15, 0.2) is 0 Å². The highest BCUT2D eigenvalue weighted by atomic mass is 17.0. The second kappa shape index (κ2) is 2.89. The first-order valence-electron chi connectivity index (χ1n) is 4.05. The van der Waals surface area contributed by atoms with E-state index in [1.807, 2.05) is 18.2 Å². The number of fused-ring (bicyclic) bond motifs is 1. The second-order valence-corrected chi connectivity index (χ2v) is 2.68. The van der Waals surface area contributed by atoms with Crippen LogP contribution in [0.3, 0.4) is 0 Å². The van der Waals surface area contributed by atoms with Gasteiger partial charge in [0.25, 0.3) is 0 Å². The van der Waals surface area contributed by atoms with Gasteiger partial charge in [-0.15, -0.1) is 0 Å². The molecule has 1 aromatic carbocycles. The summed E-state index contributed by atoms with van der Waals surface area (Å²) in [5, 5.41) is 0. The molecular formula is C10H10O2. The molecule has 62 valence electrons. The van der Waals surface area contributed by atoms with Crippen LogP contribution in [-0.4, -0.2) is 0 Å². The summed E-state index contributed by atoms with van der Waals surface area (Å²) < 4.78 is 9.47. The summed E-state index contributed by atoms with van der Waals surface area (Å²) in [4.78, 5) is 0. The van der Waals surface area contributed by atoms with Gasteiger partial charge in [0.05, 0.1) is 0 Å². The average molecular weight is 162 g/mol. The van der Waals surface area contributed by atoms with Gasteiger partial charge >= 0.3 is 0 Å². The molecule has 0 aliphatic rings. The van der Waals surface area contributed by atoms with Gasteiger partial charge in [0.2, 0.25) is 11.2 Å². The van der Waals surface area contributed by atoms with E-state index >= 15 is 0 Å². The monoisotopic (exact) mass is 162 g/mol. The molecule has 0 N–H and O–H groups in total. The molecule has 1 aromatic heterocycles. The van der Waals surface area contributed by atoms with E-state index in [2.05, 4.69) is 19.1 Å². The van der Waals surface area contributed by atoms with Gasteiger partial charge in [0, 0.05) is 0 Å². The number of allylic oxidation sites excluding steroid dienone is 1. The van der Waals surface area contributed by atoms with Crippen molar-refractivity contribution in [2.24, 2.45) is 0 Å². The Hall–Kier alpha value is -1.44. The zero-order valence-corrected chi connectivity index (χ0v) is 6.91. The van der Waals surface area contributed by atoms with E-state index in [9.17, 15) is 0 Å². The van der Waals surface area contributed by atoms with Crippen LogP contribution in [0.4, 0.5) is 0 Å². The van der Waals surface area contributed by atoms with Crippen LogP contribution < -0.4 is 0 Å². The lowest BCUT2D eigenvalue weighted by Gasteiger charge is -1.98. The van der Waals surface area contributed by atoms with Crippen molar-refractivity contribution >= 4 is 17.2 Å². The predicted molar refractivity (Wildman–Crippen MR) is 47.8 cm³/mol. The number of hydrogen-bond acceptors (Lipinski definition) is 2. The molecule has 0 amide bonds. The molecule has 0 saturated carbocycles. The fourth-order valence-electron chi connectivity index (χ4n) is 1.07.